The summed E-state index contributed by atoms with van der Waals surface area (Å²) >= 11 is 13.0. The first kappa shape index (κ1) is 9.12. The van der Waals surface area contributed by atoms with Crippen molar-refractivity contribution in [1.82, 2.24) is 0 Å². The maximum atomic E-state index is 5.57. The van der Waals surface area contributed by atoms with E-state index in [-0.39, 0.29) is 0 Å². The first-order valence-electron chi connectivity index (χ1n) is 3.20. The summed E-state index contributed by atoms with van der Waals surface area (Å²) in [6, 6.07) is 0. The Morgan fingerprint density at radius 2 is 2.10 bits per heavy atom. The van der Waals surface area contributed by atoms with Crippen LogP contribution in [-0.4, -0.2) is 24.0 Å². The second-order valence-electron chi connectivity index (χ2n) is 2.17. The molecule has 1 rings (SSSR count). The summed E-state index contributed by atoms with van der Waals surface area (Å²) < 4.78 is 0. The molecule has 0 N–H and O–H groups in total. The smallest absolute Gasteiger partial charge is 0.0317 e. The predicted molar refractivity (Wildman–Crippen MR) is 56.3 cm³/mol. The topological polar surface area (TPSA) is 0 Å². The van der Waals surface area contributed by atoms with Crippen molar-refractivity contribution in [2.45, 2.75) is 0 Å². The van der Waals surface area contributed by atoms with Gasteiger partial charge in [-0.25, -0.2) is 0 Å². The quantitative estimate of drug-likeness (QED) is 0.401. The molecule has 1 aliphatic rings. The molecule has 0 amide bonds. The van der Waals surface area contributed by atoms with E-state index < -0.39 is 5.24 Å². The van der Waals surface area contributed by atoms with Crippen molar-refractivity contribution in [1.29, 1.82) is 0 Å². The molecule has 0 aliphatic carbocycles. The maximum Gasteiger partial charge on any atom is 0.0317 e. The van der Waals surface area contributed by atoms with Crippen LogP contribution < -0.4 is 0 Å². The fourth-order valence-corrected chi connectivity index (χ4v) is 6.72. The molecule has 4 heteroatoms. The monoisotopic (exact) mass is 212 g/mol. The lowest BCUT2D eigenvalue weighted by Gasteiger charge is -2.12. The molecule has 0 saturated heterocycles. The molecule has 0 saturated carbocycles. The highest BCUT2D eigenvalue weighted by Gasteiger charge is 2.17. The molecule has 0 unspecified atom stereocenters. The maximum absolute atomic E-state index is 5.57. The van der Waals surface area contributed by atoms with Crippen molar-refractivity contribution in [2.24, 2.45) is 0 Å². The van der Waals surface area contributed by atoms with Crippen LogP contribution in [0.1, 0.15) is 0 Å². The van der Waals surface area contributed by atoms with Gasteiger partial charge in [-0.3, -0.25) is 0 Å². The predicted octanol–water partition coefficient (Wildman–Crippen LogP) is 2.92. The minimum atomic E-state index is -1.03. The van der Waals surface area contributed by atoms with E-state index in [4.69, 9.17) is 23.4 Å². The van der Waals surface area contributed by atoms with E-state index >= 15 is 0 Å². The summed E-state index contributed by atoms with van der Waals surface area (Å²) in [5.74, 6) is 1.77. The van der Waals surface area contributed by atoms with E-state index in [1.807, 2.05) is 11.4 Å². The molecule has 58 valence electrons. The molecule has 1 heterocycles. The van der Waals surface area contributed by atoms with Crippen LogP contribution in [0.15, 0.2) is 12.2 Å². The molecule has 0 radical (unpaired) electrons. The highest BCUT2D eigenvalue weighted by molar-refractivity contribution is 8.71. The number of alkyl halides is 1. The van der Waals surface area contributed by atoms with Gasteiger partial charge in [0.05, 0.1) is 0 Å². The second kappa shape index (κ2) is 4.15. The van der Waals surface area contributed by atoms with Crippen LogP contribution in [0.5, 0.6) is 0 Å². The van der Waals surface area contributed by atoms with Gasteiger partial charge in [-0.15, -0.1) is 23.0 Å². The van der Waals surface area contributed by atoms with Crippen molar-refractivity contribution < 1.29 is 0 Å². The van der Waals surface area contributed by atoms with Crippen molar-refractivity contribution in [3.05, 3.63) is 12.2 Å². The number of hydrogen-bond acceptors (Lipinski definition) is 2. The Balaban J connectivity index is 2.32. The minimum absolute atomic E-state index is 0.739. The second-order valence-corrected chi connectivity index (χ2v) is 11.2. The van der Waals surface area contributed by atoms with E-state index in [2.05, 4.69) is 12.2 Å². The molecule has 0 fully saturated rings. The fourth-order valence-electron chi connectivity index (χ4n) is 0.851. The molecule has 1 aliphatic heterocycles. The first-order chi connectivity index (χ1) is 4.77. The molecule has 0 spiro atoms. The Morgan fingerprint density at radius 1 is 1.50 bits per heavy atom. The minimum Gasteiger partial charge on any atom is -0.126 e. The SMILES string of the molecule is S=P1(SCCCl)CC=CC1. The van der Waals surface area contributed by atoms with E-state index in [0.717, 1.165) is 24.0 Å². The Bertz CT molecular complexity index is 167. The van der Waals surface area contributed by atoms with Crippen molar-refractivity contribution in [3.8, 4) is 0 Å². The van der Waals surface area contributed by atoms with Crippen LogP contribution in [0, 0.1) is 0 Å². The van der Waals surface area contributed by atoms with Crippen LogP contribution >= 0.6 is 28.2 Å². The summed E-state index contributed by atoms with van der Waals surface area (Å²) in [7, 11) is 0. The number of allylic oxidation sites excluding steroid dienone is 2. The largest absolute Gasteiger partial charge is 0.126 e. The van der Waals surface area contributed by atoms with Crippen molar-refractivity contribution in [2.75, 3.05) is 24.0 Å². The van der Waals surface area contributed by atoms with Crippen LogP contribution in [0.2, 0.25) is 0 Å². The van der Waals surface area contributed by atoms with Gasteiger partial charge in [-0.2, -0.15) is 0 Å². The summed E-state index contributed by atoms with van der Waals surface area (Å²) in [5.41, 5.74) is 0. The normalized spacial score (nSPS) is 21.7. The van der Waals surface area contributed by atoms with Crippen LogP contribution in [0.25, 0.3) is 0 Å². The van der Waals surface area contributed by atoms with E-state index in [9.17, 15) is 0 Å². The number of hydrogen-bond donors (Lipinski definition) is 0. The average molecular weight is 213 g/mol. The van der Waals surface area contributed by atoms with Gasteiger partial charge in [0.1, 0.15) is 0 Å². The molecule has 10 heavy (non-hydrogen) atoms. The van der Waals surface area contributed by atoms with Crippen molar-refractivity contribution >= 4 is 40.0 Å². The van der Waals surface area contributed by atoms with E-state index in [0.29, 0.717) is 0 Å². The summed E-state index contributed by atoms with van der Waals surface area (Å²) in [5, 5.41) is -1.03. The molecule has 0 aromatic heterocycles. The molecular weight excluding hydrogens is 203 g/mol. The Morgan fingerprint density at radius 3 is 2.60 bits per heavy atom. The summed E-state index contributed by atoms with van der Waals surface area (Å²) in [6.07, 6.45) is 6.71. The molecule has 0 aromatic rings. The third-order valence-electron chi connectivity index (χ3n) is 1.34. The third kappa shape index (κ3) is 2.58. The molecule has 0 bridgehead atoms. The lowest BCUT2D eigenvalue weighted by molar-refractivity contribution is 1.55. The van der Waals surface area contributed by atoms with Gasteiger partial charge >= 0.3 is 0 Å². The van der Waals surface area contributed by atoms with Crippen molar-refractivity contribution in [3.63, 3.8) is 0 Å². The first-order valence-corrected chi connectivity index (χ1v) is 8.50. The van der Waals surface area contributed by atoms with Gasteiger partial charge < -0.3 is 0 Å². The zero-order valence-electron chi connectivity index (χ0n) is 5.62. The van der Waals surface area contributed by atoms with Crippen LogP contribution in [0.3, 0.4) is 0 Å². The fraction of sp³-hybridized carbons (Fsp3) is 0.667. The lowest BCUT2D eigenvalue weighted by Crippen LogP contribution is -1.82. The van der Waals surface area contributed by atoms with Crippen LogP contribution in [0.4, 0.5) is 0 Å². The Hall–Kier alpha value is 1.03. The van der Waals surface area contributed by atoms with E-state index in [1.54, 1.807) is 0 Å². The standard InChI is InChI=1S/C6H10ClPS2/c7-3-6-10-8(9)4-1-2-5-8/h1-2H,3-6H2. The lowest BCUT2D eigenvalue weighted by atomic mass is 10.6. The van der Waals surface area contributed by atoms with Gasteiger partial charge in [0.25, 0.3) is 0 Å². The van der Waals surface area contributed by atoms with Crippen LogP contribution in [-0.2, 0) is 11.8 Å². The highest BCUT2D eigenvalue weighted by atomic mass is 35.5. The zero-order valence-corrected chi connectivity index (χ0v) is 8.91. The van der Waals surface area contributed by atoms with Gasteiger partial charge in [-0.05, 0) is 0 Å². The molecule has 0 nitrogen and oxygen atoms in total. The van der Waals surface area contributed by atoms with Gasteiger partial charge in [0, 0.05) is 29.2 Å². The Kier molecular flexibility index (Phi) is 3.79. The zero-order chi connectivity index (χ0) is 7.45. The number of rotatable bonds is 3. The highest BCUT2D eigenvalue weighted by Crippen LogP contribution is 2.61. The van der Waals surface area contributed by atoms with Gasteiger partial charge in [0.2, 0.25) is 0 Å². The molecule has 0 atom stereocenters. The Labute approximate surface area is 76.2 Å². The summed E-state index contributed by atoms with van der Waals surface area (Å²) in [4.78, 5) is 0. The number of halogens is 1. The average Bonchev–Trinajstić information content (AvgIpc) is 2.33. The molecular formula is C6H10ClPS2. The van der Waals surface area contributed by atoms with Gasteiger partial charge in [-0.1, -0.05) is 24.0 Å². The molecule has 0 aromatic carbocycles. The van der Waals surface area contributed by atoms with E-state index in [1.165, 1.54) is 0 Å². The van der Waals surface area contributed by atoms with Gasteiger partial charge in [0.15, 0.2) is 0 Å². The third-order valence-corrected chi connectivity index (χ3v) is 8.84. The summed E-state index contributed by atoms with van der Waals surface area (Å²) in [6.45, 7) is 0.